The van der Waals surface area contributed by atoms with E-state index in [0.29, 0.717) is 0 Å². The lowest BCUT2D eigenvalue weighted by Crippen LogP contribution is -1.99. The standard InChI is InChI=1S/C19H19N3OS/c1-13-14(2)21-18(15-8-10-20-11-9-15)22-19(13)24-12-16-6-4-5-7-17(16)23-3/h4-11H,12H2,1-3H3. The molecular weight excluding hydrogens is 318 g/mol. The van der Waals surface area contributed by atoms with E-state index >= 15 is 0 Å². The SMILES string of the molecule is COc1ccccc1CSc1nc(-c2ccncc2)nc(C)c1C. The van der Waals surface area contributed by atoms with E-state index in [1.54, 1.807) is 31.3 Å². The minimum atomic E-state index is 0.739. The molecule has 4 nitrogen and oxygen atoms in total. The Morgan fingerprint density at radius 3 is 2.50 bits per heavy atom. The van der Waals surface area contributed by atoms with Gasteiger partial charge in [-0.25, -0.2) is 9.97 Å². The summed E-state index contributed by atoms with van der Waals surface area (Å²) in [6.07, 6.45) is 3.52. The number of hydrogen-bond donors (Lipinski definition) is 0. The number of methoxy groups -OCH3 is 1. The third-order valence-corrected chi connectivity index (χ3v) is 4.97. The van der Waals surface area contributed by atoms with E-state index < -0.39 is 0 Å². The van der Waals surface area contributed by atoms with E-state index in [4.69, 9.17) is 9.72 Å². The summed E-state index contributed by atoms with van der Waals surface area (Å²) in [7, 11) is 1.70. The van der Waals surface area contributed by atoms with E-state index in [1.165, 1.54) is 0 Å². The first-order valence-corrected chi connectivity index (χ1v) is 8.68. The van der Waals surface area contributed by atoms with Gasteiger partial charge in [-0.15, -0.1) is 11.8 Å². The summed E-state index contributed by atoms with van der Waals surface area (Å²) < 4.78 is 5.43. The van der Waals surface area contributed by atoms with Crippen molar-refractivity contribution in [1.29, 1.82) is 0 Å². The van der Waals surface area contributed by atoms with E-state index in [-0.39, 0.29) is 0 Å². The van der Waals surface area contributed by atoms with Crippen LogP contribution in [-0.4, -0.2) is 22.1 Å². The number of aromatic nitrogens is 3. The normalized spacial score (nSPS) is 10.6. The van der Waals surface area contributed by atoms with Crippen LogP contribution < -0.4 is 4.74 Å². The lowest BCUT2D eigenvalue weighted by molar-refractivity contribution is 0.411. The van der Waals surface area contributed by atoms with Gasteiger partial charge in [0.15, 0.2) is 5.82 Å². The van der Waals surface area contributed by atoms with E-state index in [9.17, 15) is 0 Å². The Kier molecular flexibility index (Phi) is 5.11. The molecule has 3 aromatic rings. The van der Waals surface area contributed by atoms with Crippen molar-refractivity contribution < 1.29 is 4.74 Å². The second-order valence-electron chi connectivity index (χ2n) is 5.40. The minimum absolute atomic E-state index is 0.739. The predicted octanol–water partition coefficient (Wildman–Crippen LogP) is 4.46. The van der Waals surface area contributed by atoms with Crippen LogP contribution in [0.3, 0.4) is 0 Å². The molecule has 0 fully saturated rings. The average Bonchev–Trinajstić information content (AvgIpc) is 2.63. The molecule has 2 aromatic heterocycles. The van der Waals surface area contributed by atoms with Crippen molar-refractivity contribution in [1.82, 2.24) is 15.0 Å². The third kappa shape index (κ3) is 3.57. The van der Waals surface area contributed by atoms with Crippen LogP contribution in [0.4, 0.5) is 0 Å². The molecule has 0 unspecified atom stereocenters. The number of para-hydroxylation sites is 1. The molecule has 0 radical (unpaired) electrons. The molecule has 2 heterocycles. The number of pyridine rings is 1. The van der Waals surface area contributed by atoms with Gasteiger partial charge in [-0.2, -0.15) is 0 Å². The van der Waals surface area contributed by atoms with Gasteiger partial charge >= 0.3 is 0 Å². The Bertz CT molecular complexity index is 837. The Morgan fingerprint density at radius 2 is 1.75 bits per heavy atom. The minimum Gasteiger partial charge on any atom is -0.496 e. The largest absolute Gasteiger partial charge is 0.496 e. The van der Waals surface area contributed by atoms with Gasteiger partial charge < -0.3 is 4.74 Å². The summed E-state index contributed by atoms with van der Waals surface area (Å²) in [6.45, 7) is 4.09. The lowest BCUT2D eigenvalue weighted by atomic mass is 10.2. The Balaban J connectivity index is 1.89. The van der Waals surface area contributed by atoms with Crippen LogP contribution in [0.1, 0.15) is 16.8 Å². The Morgan fingerprint density at radius 1 is 1.00 bits per heavy atom. The summed E-state index contributed by atoms with van der Waals surface area (Å²) in [6, 6.07) is 11.9. The molecular formula is C19H19N3OS. The van der Waals surface area contributed by atoms with Gasteiger partial charge in [0, 0.05) is 40.5 Å². The van der Waals surface area contributed by atoms with Crippen molar-refractivity contribution in [3.8, 4) is 17.1 Å². The molecule has 0 aliphatic rings. The number of thioether (sulfide) groups is 1. The molecule has 122 valence electrons. The zero-order valence-electron chi connectivity index (χ0n) is 14.0. The number of rotatable bonds is 5. The second-order valence-corrected chi connectivity index (χ2v) is 6.36. The molecule has 1 aromatic carbocycles. The van der Waals surface area contributed by atoms with E-state index in [1.807, 2.05) is 37.3 Å². The number of aryl methyl sites for hydroxylation is 1. The van der Waals surface area contributed by atoms with Crippen molar-refractivity contribution >= 4 is 11.8 Å². The van der Waals surface area contributed by atoms with Crippen molar-refractivity contribution in [3.63, 3.8) is 0 Å². The zero-order chi connectivity index (χ0) is 16.9. The molecule has 0 bridgehead atoms. The summed E-state index contributed by atoms with van der Waals surface area (Å²) in [4.78, 5) is 13.4. The van der Waals surface area contributed by atoms with Gasteiger partial charge in [0.25, 0.3) is 0 Å². The molecule has 0 saturated heterocycles. The van der Waals surface area contributed by atoms with Crippen molar-refractivity contribution in [2.45, 2.75) is 24.6 Å². The predicted molar refractivity (Wildman–Crippen MR) is 97.3 cm³/mol. The van der Waals surface area contributed by atoms with Crippen LogP contribution >= 0.6 is 11.8 Å². The maximum Gasteiger partial charge on any atom is 0.160 e. The lowest BCUT2D eigenvalue weighted by Gasteiger charge is -2.11. The smallest absolute Gasteiger partial charge is 0.160 e. The molecule has 0 N–H and O–H groups in total. The van der Waals surface area contributed by atoms with E-state index in [2.05, 4.69) is 23.0 Å². The number of ether oxygens (including phenoxy) is 1. The summed E-state index contributed by atoms with van der Waals surface area (Å²) in [5, 5.41) is 1.00. The monoisotopic (exact) mass is 337 g/mol. The van der Waals surface area contributed by atoms with Crippen molar-refractivity contribution in [2.24, 2.45) is 0 Å². The highest BCUT2D eigenvalue weighted by Crippen LogP contribution is 2.30. The highest BCUT2D eigenvalue weighted by molar-refractivity contribution is 7.98. The van der Waals surface area contributed by atoms with Crippen LogP contribution in [0.15, 0.2) is 53.8 Å². The summed E-state index contributed by atoms with van der Waals surface area (Å²) >= 11 is 1.71. The third-order valence-electron chi connectivity index (χ3n) is 3.84. The molecule has 0 aliphatic heterocycles. The summed E-state index contributed by atoms with van der Waals surface area (Å²) in [5.74, 6) is 2.45. The fourth-order valence-corrected chi connectivity index (χ4v) is 3.39. The quantitative estimate of drug-likeness (QED) is 0.508. The van der Waals surface area contributed by atoms with Crippen LogP contribution in [-0.2, 0) is 5.75 Å². The molecule has 0 aliphatic carbocycles. The van der Waals surface area contributed by atoms with E-state index in [0.717, 1.165) is 44.7 Å². The molecule has 0 saturated carbocycles. The first-order valence-electron chi connectivity index (χ1n) is 7.69. The van der Waals surface area contributed by atoms with Gasteiger partial charge in [0.05, 0.1) is 7.11 Å². The van der Waals surface area contributed by atoms with Crippen molar-refractivity contribution in [2.75, 3.05) is 7.11 Å². The van der Waals surface area contributed by atoms with Gasteiger partial charge in [-0.05, 0) is 32.0 Å². The fraction of sp³-hybridized carbons (Fsp3) is 0.211. The fourth-order valence-electron chi connectivity index (χ4n) is 2.34. The van der Waals surface area contributed by atoms with Gasteiger partial charge in [-0.1, -0.05) is 18.2 Å². The number of nitrogens with zero attached hydrogens (tertiary/aromatic N) is 3. The average molecular weight is 337 g/mol. The van der Waals surface area contributed by atoms with Crippen LogP contribution in [0, 0.1) is 13.8 Å². The van der Waals surface area contributed by atoms with Crippen molar-refractivity contribution in [3.05, 3.63) is 65.6 Å². The molecule has 0 spiro atoms. The number of hydrogen-bond acceptors (Lipinski definition) is 5. The molecule has 24 heavy (non-hydrogen) atoms. The Labute approximate surface area is 146 Å². The Hall–Kier alpha value is -2.40. The van der Waals surface area contributed by atoms with Crippen LogP contribution in [0.2, 0.25) is 0 Å². The zero-order valence-corrected chi connectivity index (χ0v) is 14.8. The van der Waals surface area contributed by atoms with Gasteiger partial charge in [-0.3, -0.25) is 4.98 Å². The second kappa shape index (κ2) is 7.45. The highest BCUT2D eigenvalue weighted by Gasteiger charge is 2.11. The first kappa shape index (κ1) is 16.5. The maximum atomic E-state index is 5.43. The van der Waals surface area contributed by atoms with Gasteiger partial charge in [0.2, 0.25) is 0 Å². The molecule has 0 atom stereocenters. The maximum absolute atomic E-state index is 5.43. The summed E-state index contributed by atoms with van der Waals surface area (Å²) in [5.41, 5.74) is 4.26. The number of benzene rings is 1. The molecule has 0 amide bonds. The molecule has 5 heteroatoms. The van der Waals surface area contributed by atoms with Crippen LogP contribution in [0.5, 0.6) is 5.75 Å². The highest BCUT2D eigenvalue weighted by atomic mass is 32.2. The van der Waals surface area contributed by atoms with Crippen LogP contribution in [0.25, 0.3) is 11.4 Å². The topological polar surface area (TPSA) is 47.9 Å². The first-order chi connectivity index (χ1) is 11.7. The van der Waals surface area contributed by atoms with Gasteiger partial charge in [0.1, 0.15) is 10.8 Å². The molecule has 3 rings (SSSR count).